The molecule has 1 aromatic carbocycles. The van der Waals surface area contributed by atoms with Crippen molar-refractivity contribution in [1.29, 1.82) is 0 Å². The fourth-order valence-corrected chi connectivity index (χ4v) is 0.663. The normalized spacial score (nSPS) is 7.33. The maximum Gasteiger partial charge on any atom is 1.00 e. The van der Waals surface area contributed by atoms with Crippen LogP contribution in [-0.2, 0) is 0 Å². The van der Waals surface area contributed by atoms with Gasteiger partial charge < -0.3 is 5.11 Å². The van der Waals surface area contributed by atoms with Crippen LogP contribution in [0, 0.1) is 11.8 Å². The molecule has 0 spiro atoms. The molecule has 0 atom stereocenters. The molecule has 1 aromatic rings. The topological polar surface area (TPSA) is 23.1 Å². The van der Waals surface area contributed by atoms with Gasteiger partial charge in [-0.1, -0.05) is 42.4 Å². The van der Waals surface area contributed by atoms with E-state index in [2.05, 4.69) is 18.4 Å². The Labute approximate surface area is 84.3 Å². The van der Waals surface area contributed by atoms with Gasteiger partial charge >= 0.3 is 18.9 Å². The Hall–Kier alpha value is -1.08. The predicted octanol–water partition coefficient (Wildman–Crippen LogP) is -2.08. The average molecular weight is 150 g/mol. The summed E-state index contributed by atoms with van der Waals surface area (Å²) in [6.45, 7) is 3.14. The van der Waals surface area contributed by atoms with Crippen LogP contribution in [0.4, 0.5) is 0 Å². The third-order valence-electron chi connectivity index (χ3n) is 1.12. The summed E-state index contributed by atoms with van der Waals surface area (Å²) in [4.78, 5) is 0. The van der Waals surface area contributed by atoms with Crippen LogP contribution in [0.2, 0.25) is 0 Å². The van der Waals surface area contributed by atoms with Gasteiger partial charge in [0, 0.05) is 5.56 Å². The summed E-state index contributed by atoms with van der Waals surface area (Å²) in [5.74, 6) is 4.69. The Bertz CT molecular complexity index is 306. The van der Waals surface area contributed by atoms with E-state index in [1.165, 1.54) is 0 Å². The fraction of sp³-hybridized carbons (Fsp3) is 0. The van der Waals surface area contributed by atoms with E-state index in [1.807, 2.05) is 30.3 Å². The molecule has 0 amide bonds. The second-order valence-electron chi connectivity index (χ2n) is 2.04. The minimum atomic E-state index is -0.353. The molecule has 1 rings (SSSR count). The number of rotatable bonds is 0. The molecular weight excluding hydrogens is 143 g/mol. The first-order valence-electron chi connectivity index (χ1n) is 3.22. The van der Waals surface area contributed by atoms with Gasteiger partial charge in [-0.2, -0.15) is 0 Å². The quantitative estimate of drug-likeness (QED) is 0.236. The number of allylic oxidation sites excluding steroid dienone is 1. The molecule has 0 aliphatic heterocycles. The molecule has 54 valence electrons. The summed E-state index contributed by atoms with van der Waals surface area (Å²) in [6, 6.07) is 9.33. The molecule has 0 saturated carbocycles. The predicted molar refractivity (Wildman–Crippen MR) is 42.5 cm³/mol. The molecule has 0 saturated heterocycles. The Morgan fingerprint density at radius 3 is 2.33 bits per heavy atom. The van der Waals surface area contributed by atoms with Gasteiger partial charge in [0.15, 0.2) is 0 Å². The van der Waals surface area contributed by atoms with Crippen molar-refractivity contribution in [3.63, 3.8) is 0 Å². The van der Waals surface area contributed by atoms with Gasteiger partial charge in [-0.25, -0.2) is 0 Å². The Kier molecular flexibility index (Phi) is 5.05. The van der Waals surface area contributed by atoms with Gasteiger partial charge in [0.05, 0.1) is 0 Å². The zero-order valence-electron chi connectivity index (χ0n) is 7.00. The van der Waals surface area contributed by atoms with E-state index < -0.39 is 0 Å². The van der Waals surface area contributed by atoms with Gasteiger partial charge in [0.25, 0.3) is 0 Å². The minimum Gasteiger partial charge on any atom is -0.867 e. The monoisotopic (exact) mass is 150 g/mol. The van der Waals surface area contributed by atoms with E-state index in [0.717, 1.165) is 5.56 Å². The van der Waals surface area contributed by atoms with Crippen LogP contribution in [0.15, 0.2) is 42.7 Å². The molecule has 0 aliphatic carbocycles. The van der Waals surface area contributed by atoms with Gasteiger partial charge in [-0.3, -0.25) is 0 Å². The molecular formula is C10H7LiO. The average Bonchev–Trinajstić information content (AvgIpc) is 2.03. The molecule has 12 heavy (non-hydrogen) atoms. The molecule has 0 aliphatic rings. The molecule has 0 bridgehead atoms. The van der Waals surface area contributed by atoms with Crippen LogP contribution in [0.3, 0.4) is 0 Å². The van der Waals surface area contributed by atoms with Crippen molar-refractivity contribution in [2.45, 2.75) is 0 Å². The zero-order valence-corrected chi connectivity index (χ0v) is 7.00. The third kappa shape index (κ3) is 3.94. The number of hydrogen-bond acceptors (Lipinski definition) is 1. The fourth-order valence-electron chi connectivity index (χ4n) is 0.663. The maximum absolute atomic E-state index is 10.3. The van der Waals surface area contributed by atoms with E-state index in [4.69, 9.17) is 0 Å². The third-order valence-corrected chi connectivity index (χ3v) is 1.12. The van der Waals surface area contributed by atoms with Gasteiger partial charge in [0.2, 0.25) is 0 Å². The van der Waals surface area contributed by atoms with Crippen LogP contribution in [-0.4, -0.2) is 0 Å². The van der Waals surface area contributed by atoms with Crippen LogP contribution in [0.1, 0.15) is 5.56 Å². The van der Waals surface area contributed by atoms with Crippen molar-refractivity contribution in [3.05, 3.63) is 48.2 Å². The maximum atomic E-state index is 10.3. The SMILES string of the molecule is C=C([O-])C#Cc1ccccc1.[Li+]. The second kappa shape index (κ2) is 5.55. The Morgan fingerprint density at radius 2 is 1.83 bits per heavy atom. The van der Waals surface area contributed by atoms with Gasteiger partial charge in [0.1, 0.15) is 0 Å². The van der Waals surface area contributed by atoms with Crippen molar-refractivity contribution >= 4 is 0 Å². The molecule has 0 N–H and O–H groups in total. The van der Waals surface area contributed by atoms with Crippen molar-refractivity contribution in [3.8, 4) is 11.8 Å². The Balaban J connectivity index is 0.00000121. The van der Waals surface area contributed by atoms with E-state index in [9.17, 15) is 5.11 Å². The summed E-state index contributed by atoms with van der Waals surface area (Å²) in [7, 11) is 0. The summed E-state index contributed by atoms with van der Waals surface area (Å²) < 4.78 is 0. The van der Waals surface area contributed by atoms with Crippen LogP contribution in [0.25, 0.3) is 0 Å². The second-order valence-corrected chi connectivity index (χ2v) is 2.04. The summed E-state index contributed by atoms with van der Waals surface area (Å²) in [5, 5.41) is 10.3. The largest absolute Gasteiger partial charge is 1.00 e. The number of benzene rings is 1. The molecule has 2 heteroatoms. The summed E-state index contributed by atoms with van der Waals surface area (Å²) >= 11 is 0. The van der Waals surface area contributed by atoms with Crippen LogP contribution < -0.4 is 24.0 Å². The van der Waals surface area contributed by atoms with Crippen molar-refractivity contribution in [2.75, 3.05) is 0 Å². The van der Waals surface area contributed by atoms with Crippen molar-refractivity contribution in [2.24, 2.45) is 0 Å². The van der Waals surface area contributed by atoms with E-state index >= 15 is 0 Å². The first-order chi connectivity index (χ1) is 5.29. The van der Waals surface area contributed by atoms with E-state index in [-0.39, 0.29) is 24.6 Å². The van der Waals surface area contributed by atoms with Crippen LogP contribution in [0.5, 0.6) is 0 Å². The first kappa shape index (κ1) is 10.9. The molecule has 0 heterocycles. The standard InChI is InChI=1S/C10H8O.Li/c1-9(11)7-8-10-5-3-2-4-6-10;/h2-6,11H,1H2;/q;+1/p-1. The Morgan fingerprint density at radius 1 is 1.25 bits per heavy atom. The van der Waals surface area contributed by atoms with E-state index in [1.54, 1.807) is 0 Å². The molecule has 0 aromatic heterocycles. The molecule has 0 fully saturated rings. The van der Waals surface area contributed by atoms with Gasteiger partial charge in [-0.15, -0.1) is 0 Å². The molecule has 0 radical (unpaired) electrons. The zero-order chi connectivity index (χ0) is 8.10. The van der Waals surface area contributed by atoms with E-state index in [0.29, 0.717) is 0 Å². The minimum absolute atomic E-state index is 0. The summed E-state index contributed by atoms with van der Waals surface area (Å²) in [6.07, 6.45) is 0. The first-order valence-corrected chi connectivity index (χ1v) is 3.22. The molecule has 1 nitrogen and oxygen atoms in total. The van der Waals surface area contributed by atoms with Crippen LogP contribution >= 0.6 is 0 Å². The summed E-state index contributed by atoms with van der Waals surface area (Å²) in [5.41, 5.74) is 0.838. The smallest absolute Gasteiger partial charge is 0.867 e. The van der Waals surface area contributed by atoms with Crippen molar-refractivity contribution in [1.82, 2.24) is 0 Å². The number of hydrogen-bond donors (Lipinski definition) is 0. The van der Waals surface area contributed by atoms with Crippen molar-refractivity contribution < 1.29 is 24.0 Å². The molecule has 0 unspecified atom stereocenters. The van der Waals surface area contributed by atoms with Gasteiger partial charge in [-0.05, 0) is 12.1 Å².